The van der Waals surface area contributed by atoms with Gasteiger partial charge in [0, 0.05) is 12.6 Å². The second kappa shape index (κ2) is 6.49. The van der Waals surface area contributed by atoms with Crippen molar-refractivity contribution in [2.24, 2.45) is 5.92 Å². The van der Waals surface area contributed by atoms with Crippen molar-refractivity contribution in [2.75, 3.05) is 13.1 Å². The lowest BCUT2D eigenvalue weighted by atomic mass is 9.61. The number of nitrogens with zero attached hydrogens (tertiary/aromatic N) is 1. The first-order valence-electron chi connectivity index (χ1n) is 9.68. The highest BCUT2D eigenvalue weighted by atomic mass is 16.3. The van der Waals surface area contributed by atoms with Gasteiger partial charge >= 0.3 is 0 Å². The predicted molar refractivity (Wildman–Crippen MR) is 103 cm³/mol. The summed E-state index contributed by atoms with van der Waals surface area (Å²) in [5.74, 6) is 1.02. The van der Waals surface area contributed by atoms with Crippen molar-refractivity contribution >= 4 is 0 Å². The van der Waals surface area contributed by atoms with Gasteiger partial charge in [-0.2, -0.15) is 0 Å². The largest absolute Gasteiger partial charge is 0.508 e. The van der Waals surface area contributed by atoms with Crippen LogP contribution in [0, 0.1) is 5.92 Å². The van der Waals surface area contributed by atoms with Gasteiger partial charge in [-0.3, -0.25) is 4.90 Å². The van der Waals surface area contributed by atoms with Crippen molar-refractivity contribution in [3.8, 4) is 5.75 Å². The van der Waals surface area contributed by atoms with Gasteiger partial charge in [-0.05, 0) is 72.4 Å². The quantitative estimate of drug-likeness (QED) is 0.889. The van der Waals surface area contributed by atoms with E-state index in [9.17, 15) is 5.11 Å². The number of phenols is 1. The maximum Gasteiger partial charge on any atom is 0.115 e. The summed E-state index contributed by atoms with van der Waals surface area (Å²) in [5, 5.41) is 10.0. The fourth-order valence-corrected chi connectivity index (χ4v) is 5.16. The lowest BCUT2D eigenvalue weighted by Crippen LogP contribution is -2.50. The molecule has 0 saturated carbocycles. The van der Waals surface area contributed by atoms with E-state index in [1.165, 1.54) is 36.1 Å². The number of hydrogen-bond donors (Lipinski definition) is 1. The number of likely N-dealkylation sites (tertiary alicyclic amines) is 1. The van der Waals surface area contributed by atoms with Crippen LogP contribution in [0.1, 0.15) is 43.4 Å². The zero-order valence-electron chi connectivity index (χ0n) is 15.4. The average Bonchev–Trinajstić information content (AvgIpc) is 2.70. The van der Waals surface area contributed by atoms with Crippen molar-refractivity contribution in [2.45, 2.75) is 51.0 Å². The topological polar surface area (TPSA) is 23.5 Å². The standard InChI is InChI=1S/C23H29NO/c1-17-22-15-19-9-10-20(25)16-21(19)23(17,2)12-6-13-24(22)14-11-18-7-4-3-5-8-18/h3-5,7-10,16-17,22,25H,6,11-15H2,1-2H3/t17-,22?,23-/m1/s1. The molecule has 25 heavy (non-hydrogen) atoms. The molecule has 1 aliphatic heterocycles. The molecule has 2 heteroatoms. The van der Waals surface area contributed by atoms with Gasteiger partial charge in [-0.25, -0.2) is 0 Å². The summed E-state index contributed by atoms with van der Waals surface area (Å²) in [4.78, 5) is 2.73. The summed E-state index contributed by atoms with van der Waals surface area (Å²) < 4.78 is 0. The summed E-state index contributed by atoms with van der Waals surface area (Å²) in [5.41, 5.74) is 4.44. The van der Waals surface area contributed by atoms with E-state index in [1.54, 1.807) is 0 Å². The minimum atomic E-state index is 0.179. The van der Waals surface area contributed by atoms with Crippen LogP contribution in [0.15, 0.2) is 48.5 Å². The molecule has 0 spiro atoms. The Balaban J connectivity index is 1.61. The number of benzene rings is 2. The Hall–Kier alpha value is -1.80. The van der Waals surface area contributed by atoms with Gasteiger partial charge in [-0.1, -0.05) is 50.2 Å². The van der Waals surface area contributed by atoms with Crippen molar-refractivity contribution in [3.05, 3.63) is 65.2 Å². The van der Waals surface area contributed by atoms with Crippen LogP contribution in [0.2, 0.25) is 0 Å². The first kappa shape index (κ1) is 16.7. The fourth-order valence-electron chi connectivity index (χ4n) is 5.16. The molecule has 0 amide bonds. The molecule has 1 fully saturated rings. The van der Waals surface area contributed by atoms with E-state index in [0.29, 0.717) is 17.7 Å². The van der Waals surface area contributed by atoms with Gasteiger partial charge in [0.25, 0.3) is 0 Å². The number of phenolic OH excluding ortho intramolecular Hbond substituents is 1. The zero-order valence-corrected chi connectivity index (χ0v) is 15.4. The Morgan fingerprint density at radius 2 is 1.96 bits per heavy atom. The van der Waals surface area contributed by atoms with Gasteiger partial charge < -0.3 is 5.11 Å². The van der Waals surface area contributed by atoms with Crippen molar-refractivity contribution < 1.29 is 5.11 Å². The molecule has 2 aliphatic rings. The fraction of sp³-hybridized carbons (Fsp3) is 0.478. The third-order valence-corrected chi connectivity index (χ3v) is 6.86. The Kier molecular flexibility index (Phi) is 4.33. The molecule has 2 aromatic rings. The van der Waals surface area contributed by atoms with Crippen LogP contribution < -0.4 is 0 Å². The molecule has 1 N–H and O–H groups in total. The SMILES string of the molecule is C[C@@H]1C2Cc3ccc(O)cc3[C@]1(C)CCCN2CCc1ccccc1. The third kappa shape index (κ3) is 2.97. The smallest absolute Gasteiger partial charge is 0.115 e. The molecule has 0 aromatic heterocycles. The number of hydrogen-bond acceptors (Lipinski definition) is 2. The van der Waals surface area contributed by atoms with Crippen LogP contribution in [-0.2, 0) is 18.3 Å². The molecule has 0 radical (unpaired) electrons. The molecule has 1 saturated heterocycles. The summed E-state index contributed by atoms with van der Waals surface area (Å²) in [6.45, 7) is 7.18. The van der Waals surface area contributed by atoms with Crippen molar-refractivity contribution in [1.82, 2.24) is 4.90 Å². The lowest BCUT2D eigenvalue weighted by molar-refractivity contribution is 0.120. The molecule has 2 aromatic carbocycles. The normalized spacial score (nSPS) is 29.0. The average molecular weight is 335 g/mol. The van der Waals surface area contributed by atoms with Crippen molar-refractivity contribution in [1.29, 1.82) is 0 Å². The Bertz CT molecular complexity index is 741. The molecule has 2 nitrogen and oxygen atoms in total. The number of aromatic hydroxyl groups is 1. The van der Waals surface area contributed by atoms with Crippen LogP contribution in [0.3, 0.4) is 0 Å². The zero-order chi connectivity index (χ0) is 17.4. The maximum absolute atomic E-state index is 10.0. The lowest BCUT2D eigenvalue weighted by Gasteiger charge is -2.47. The van der Waals surface area contributed by atoms with E-state index in [4.69, 9.17) is 0 Å². The number of rotatable bonds is 3. The van der Waals surface area contributed by atoms with Gasteiger partial charge in [0.2, 0.25) is 0 Å². The van der Waals surface area contributed by atoms with Crippen molar-refractivity contribution in [3.63, 3.8) is 0 Å². The minimum absolute atomic E-state index is 0.179. The van der Waals surface area contributed by atoms with Crippen LogP contribution >= 0.6 is 0 Å². The van der Waals surface area contributed by atoms with E-state index in [0.717, 1.165) is 19.4 Å². The maximum atomic E-state index is 10.0. The molecular weight excluding hydrogens is 306 g/mol. The highest BCUT2D eigenvalue weighted by Gasteiger charge is 2.46. The first-order valence-corrected chi connectivity index (χ1v) is 9.68. The molecular formula is C23H29NO. The highest BCUT2D eigenvalue weighted by Crippen LogP contribution is 2.48. The van der Waals surface area contributed by atoms with Gasteiger partial charge in [0.1, 0.15) is 5.75 Å². The van der Waals surface area contributed by atoms with E-state index in [1.807, 2.05) is 12.1 Å². The van der Waals surface area contributed by atoms with Gasteiger partial charge in [0.05, 0.1) is 0 Å². The Labute approximate surface area is 151 Å². The second-order valence-electron chi connectivity index (χ2n) is 8.19. The van der Waals surface area contributed by atoms with Crippen LogP contribution in [0.5, 0.6) is 5.75 Å². The summed E-state index contributed by atoms with van der Waals surface area (Å²) in [7, 11) is 0. The molecule has 1 unspecified atom stereocenters. The molecule has 3 atom stereocenters. The van der Waals surface area contributed by atoms with Crippen LogP contribution in [0.25, 0.3) is 0 Å². The van der Waals surface area contributed by atoms with Crippen LogP contribution in [0.4, 0.5) is 0 Å². The third-order valence-electron chi connectivity index (χ3n) is 6.86. The molecule has 132 valence electrons. The summed E-state index contributed by atoms with van der Waals surface area (Å²) in [6, 6.07) is 17.5. The van der Waals surface area contributed by atoms with Gasteiger partial charge in [0.15, 0.2) is 0 Å². The number of fused-ring (bicyclic) bond motifs is 4. The highest BCUT2D eigenvalue weighted by molar-refractivity contribution is 5.43. The van der Waals surface area contributed by atoms with Crippen LogP contribution in [-0.4, -0.2) is 29.1 Å². The Morgan fingerprint density at radius 1 is 1.16 bits per heavy atom. The molecule has 4 rings (SSSR count). The van der Waals surface area contributed by atoms with E-state index >= 15 is 0 Å². The summed E-state index contributed by atoms with van der Waals surface area (Å²) >= 11 is 0. The summed E-state index contributed by atoms with van der Waals surface area (Å²) in [6.07, 6.45) is 4.69. The predicted octanol–water partition coefficient (Wildman–Crippen LogP) is 4.55. The van der Waals surface area contributed by atoms with E-state index < -0.39 is 0 Å². The molecule has 2 bridgehead atoms. The molecule has 1 heterocycles. The first-order chi connectivity index (χ1) is 12.1. The van der Waals surface area contributed by atoms with Gasteiger partial charge in [-0.15, -0.1) is 0 Å². The van der Waals surface area contributed by atoms with E-state index in [2.05, 4.69) is 55.1 Å². The molecule has 1 aliphatic carbocycles. The van der Waals surface area contributed by atoms with E-state index in [-0.39, 0.29) is 5.41 Å². The minimum Gasteiger partial charge on any atom is -0.508 e. The monoisotopic (exact) mass is 335 g/mol. The Morgan fingerprint density at radius 3 is 2.76 bits per heavy atom. The second-order valence-corrected chi connectivity index (χ2v) is 8.19.